The molecule has 0 rings (SSSR count). The Kier molecular flexibility index (Phi) is 44.2. The van der Waals surface area contributed by atoms with Gasteiger partial charge in [0.1, 0.15) is 13.2 Å². The van der Waals surface area contributed by atoms with Crippen molar-refractivity contribution in [2.45, 2.75) is 298 Å². The SMILES string of the molecule is CCC(C)CCCCCCCCCCC(=O)O[C@H](COC(=O)CCCCCCCCCCCCCCCCCCC(C)C)COC(=O)CCCCCCCCCCC(C)C. The Bertz CT molecular complexity index is 931. The molecule has 2 atom stereocenters. The Hall–Kier alpha value is -1.59. The molecular weight excluding hydrogens is 745 g/mol. The molecular formula is C54H104O6. The lowest BCUT2D eigenvalue weighted by Crippen LogP contribution is -2.30. The van der Waals surface area contributed by atoms with E-state index in [1.54, 1.807) is 0 Å². The van der Waals surface area contributed by atoms with Crippen LogP contribution in [0, 0.1) is 17.8 Å². The van der Waals surface area contributed by atoms with Crippen molar-refractivity contribution in [2.24, 2.45) is 17.8 Å². The highest BCUT2D eigenvalue weighted by atomic mass is 16.6. The van der Waals surface area contributed by atoms with Crippen molar-refractivity contribution in [3.8, 4) is 0 Å². The predicted molar refractivity (Wildman–Crippen MR) is 256 cm³/mol. The summed E-state index contributed by atoms with van der Waals surface area (Å²) >= 11 is 0. The summed E-state index contributed by atoms with van der Waals surface area (Å²) in [5.74, 6) is 1.64. The number of rotatable bonds is 47. The van der Waals surface area contributed by atoms with Gasteiger partial charge in [-0.2, -0.15) is 0 Å². The van der Waals surface area contributed by atoms with Gasteiger partial charge in [-0.25, -0.2) is 0 Å². The van der Waals surface area contributed by atoms with Crippen LogP contribution >= 0.6 is 0 Å². The quantitative estimate of drug-likeness (QED) is 0.0345. The second kappa shape index (κ2) is 45.4. The van der Waals surface area contributed by atoms with Gasteiger partial charge >= 0.3 is 17.9 Å². The summed E-state index contributed by atoms with van der Waals surface area (Å²) in [4.78, 5) is 37.9. The van der Waals surface area contributed by atoms with E-state index in [0.29, 0.717) is 19.3 Å². The third kappa shape index (κ3) is 45.9. The number of unbranched alkanes of at least 4 members (excludes halogenated alkanes) is 29. The smallest absolute Gasteiger partial charge is 0.306 e. The molecule has 0 bridgehead atoms. The van der Waals surface area contributed by atoms with Crippen molar-refractivity contribution in [1.82, 2.24) is 0 Å². The molecule has 0 aromatic heterocycles. The lowest BCUT2D eigenvalue weighted by atomic mass is 9.99. The van der Waals surface area contributed by atoms with Crippen LogP contribution in [0.25, 0.3) is 0 Å². The second-order valence-corrected chi connectivity index (χ2v) is 19.7. The van der Waals surface area contributed by atoms with Gasteiger partial charge < -0.3 is 14.2 Å². The molecule has 356 valence electrons. The van der Waals surface area contributed by atoms with E-state index in [1.807, 2.05) is 0 Å². The molecule has 0 aromatic carbocycles. The van der Waals surface area contributed by atoms with Gasteiger partial charge in [-0.1, -0.05) is 253 Å². The summed E-state index contributed by atoms with van der Waals surface area (Å²) in [5, 5.41) is 0. The first kappa shape index (κ1) is 58.4. The lowest BCUT2D eigenvalue weighted by molar-refractivity contribution is -0.167. The Labute approximate surface area is 374 Å². The maximum Gasteiger partial charge on any atom is 0.306 e. The molecule has 0 amide bonds. The Morgan fingerprint density at radius 3 is 0.867 bits per heavy atom. The Balaban J connectivity index is 4.26. The second-order valence-electron chi connectivity index (χ2n) is 19.7. The van der Waals surface area contributed by atoms with Crippen molar-refractivity contribution in [3.63, 3.8) is 0 Å². The fourth-order valence-electron chi connectivity index (χ4n) is 8.08. The normalized spacial score (nSPS) is 12.6. The average Bonchev–Trinajstić information content (AvgIpc) is 3.22. The fraction of sp³-hybridized carbons (Fsp3) is 0.944. The number of carbonyl (C=O) groups excluding carboxylic acids is 3. The van der Waals surface area contributed by atoms with Gasteiger partial charge in [0.25, 0.3) is 0 Å². The third-order valence-electron chi connectivity index (χ3n) is 12.5. The summed E-state index contributed by atoms with van der Waals surface area (Å²) in [6.45, 7) is 13.7. The van der Waals surface area contributed by atoms with Crippen LogP contribution in [0.4, 0.5) is 0 Å². The molecule has 1 unspecified atom stereocenters. The third-order valence-corrected chi connectivity index (χ3v) is 12.5. The number of carbonyl (C=O) groups is 3. The van der Waals surface area contributed by atoms with Crippen LogP contribution in [0.3, 0.4) is 0 Å². The first-order valence-corrected chi connectivity index (χ1v) is 26.6. The first-order valence-electron chi connectivity index (χ1n) is 26.6. The highest BCUT2D eigenvalue weighted by molar-refractivity contribution is 5.71. The fourth-order valence-corrected chi connectivity index (χ4v) is 8.08. The van der Waals surface area contributed by atoms with E-state index in [0.717, 1.165) is 75.5 Å². The summed E-state index contributed by atoms with van der Waals surface area (Å²) in [6.07, 6.45) is 45.2. The van der Waals surface area contributed by atoms with Crippen LogP contribution in [-0.4, -0.2) is 37.2 Å². The molecule has 0 aliphatic carbocycles. The predicted octanol–water partition coefficient (Wildman–Crippen LogP) is 17.2. The van der Waals surface area contributed by atoms with Crippen molar-refractivity contribution in [2.75, 3.05) is 13.2 Å². The standard InChI is InChI=1S/C54H104O6/c1-7-50(6)42-36-30-24-19-21-27-33-39-45-54(57)60-51(47-59-53(56)44-38-32-26-20-18-23-29-35-41-49(4)5)46-58-52(55)43-37-31-25-17-15-13-11-9-8-10-12-14-16-22-28-34-40-48(2)3/h48-51H,7-47H2,1-6H3/t50?,51-/m1/s1. The van der Waals surface area contributed by atoms with Crippen LogP contribution < -0.4 is 0 Å². The monoisotopic (exact) mass is 849 g/mol. The van der Waals surface area contributed by atoms with Gasteiger partial charge in [0.15, 0.2) is 6.10 Å². The van der Waals surface area contributed by atoms with E-state index in [4.69, 9.17) is 14.2 Å². The number of hydrogen-bond donors (Lipinski definition) is 0. The van der Waals surface area contributed by atoms with E-state index in [2.05, 4.69) is 41.5 Å². The van der Waals surface area contributed by atoms with Crippen molar-refractivity contribution >= 4 is 17.9 Å². The Morgan fingerprint density at radius 2 is 0.583 bits per heavy atom. The van der Waals surface area contributed by atoms with Gasteiger partial charge in [0.2, 0.25) is 0 Å². The van der Waals surface area contributed by atoms with Gasteiger partial charge in [-0.05, 0) is 37.0 Å². The molecule has 0 aliphatic rings. The van der Waals surface area contributed by atoms with Crippen molar-refractivity contribution in [1.29, 1.82) is 0 Å². The molecule has 0 saturated carbocycles. The van der Waals surface area contributed by atoms with Gasteiger partial charge in [-0.15, -0.1) is 0 Å². The van der Waals surface area contributed by atoms with E-state index in [-0.39, 0.29) is 31.1 Å². The summed E-state index contributed by atoms with van der Waals surface area (Å²) < 4.78 is 16.8. The van der Waals surface area contributed by atoms with Gasteiger partial charge in [0.05, 0.1) is 0 Å². The molecule has 0 radical (unpaired) electrons. The molecule has 0 aliphatic heterocycles. The molecule has 6 heteroatoms. The van der Waals surface area contributed by atoms with E-state index < -0.39 is 6.10 Å². The highest BCUT2D eigenvalue weighted by Gasteiger charge is 2.19. The van der Waals surface area contributed by atoms with Crippen LogP contribution in [0.5, 0.6) is 0 Å². The summed E-state index contributed by atoms with van der Waals surface area (Å²) in [7, 11) is 0. The van der Waals surface area contributed by atoms with E-state index >= 15 is 0 Å². The zero-order chi connectivity index (χ0) is 44.2. The van der Waals surface area contributed by atoms with E-state index in [1.165, 1.54) is 173 Å². The summed E-state index contributed by atoms with van der Waals surface area (Å²) in [5.41, 5.74) is 0. The number of esters is 3. The first-order chi connectivity index (χ1) is 29.1. The minimum Gasteiger partial charge on any atom is -0.462 e. The lowest BCUT2D eigenvalue weighted by Gasteiger charge is -2.18. The molecule has 0 heterocycles. The molecule has 0 aromatic rings. The molecule has 0 N–H and O–H groups in total. The zero-order valence-electron chi connectivity index (χ0n) is 41.3. The van der Waals surface area contributed by atoms with Crippen LogP contribution in [0.2, 0.25) is 0 Å². The largest absolute Gasteiger partial charge is 0.462 e. The average molecular weight is 849 g/mol. The minimum absolute atomic E-state index is 0.0650. The van der Waals surface area contributed by atoms with Crippen molar-refractivity contribution in [3.05, 3.63) is 0 Å². The molecule has 0 spiro atoms. The zero-order valence-corrected chi connectivity index (χ0v) is 41.3. The highest BCUT2D eigenvalue weighted by Crippen LogP contribution is 2.18. The molecule has 0 saturated heterocycles. The summed E-state index contributed by atoms with van der Waals surface area (Å²) in [6, 6.07) is 0. The number of ether oxygens (including phenoxy) is 3. The maximum absolute atomic E-state index is 12.8. The molecule has 60 heavy (non-hydrogen) atoms. The molecule has 6 nitrogen and oxygen atoms in total. The van der Waals surface area contributed by atoms with E-state index in [9.17, 15) is 14.4 Å². The van der Waals surface area contributed by atoms with Gasteiger partial charge in [-0.3, -0.25) is 14.4 Å². The van der Waals surface area contributed by atoms with Crippen LogP contribution in [0.1, 0.15) is 292 Å². The minimum atomic E-state index is -0.763. The Morgan fingerprint density at radius 1 is 0.333 bits per heavy atom. The number of hydrogen-bond acceptors (Lipinski definition) is 6. The van der Waals surface area contributed by atoms with Crippen LogP contribution in [0.15, 0.2) is 0 Å². The molecule has 0 fully saturated rings. The van der Waals surface area contributed by atoms with Gasteiger partial charge in [0, 0.05) is 19.3 Å². The maximum atomic E-state index is 12.8. The van der Waals surface area contributed by atoms with Crippen LogP contribution in [-0.2, 0) is 28.6 Å². The topological polar surface area (TPSA) is 78.9 Å². The van der Waals surface area contributed by atoms with Crippen molar-refractivity contribution < 1.29 is 28.6 Å².